The van der Waals surface area contributed by atoms with Gasteiger partial charge in [-0.15, -0.1) is 0 Å². The highest BCUT2D eigenvalue weighted by Crippen LogP contribution is 2.33. The highest BCUT2D eigenvalue weighted by molar-refractivity contribution is 5.94. The fourth-order valence-corrected chi connectivity index (χ4v) is 2.96. The first-order valence-electron chi connectivity index (χ1n) is 8.88. The molecule has 0 fully saturated rings. The van der Waals surface area contributed by atoms with Crippen LogP contribution in [0.3, 0.4) is 0 Å². The van der Waals surface area contributed by atoms with Crippen LogP contribution < -0.4 is 14.2 Å². The Kier molecular flexibility index (Phi) is 5.96. The van der Waals surface area contributed by atoms with E-state index in [4.69, 9.17) is 14.2 Å². The maximum atomic E-state index is 12.7. The number of amides is 1. The normalized spacial score (nSPS) is 13.6. The fourth-order valence-electron chi connectivity index (χ4n) is 2.96. The highest BCUT2D eigenvalue weighted by Gasteiger charge is 2.21. The van der Waals surface area contributed by atoms with Gasteiger partial charge < -0.3 is 19.1 Å². The van der Waals surface area contributed by atoms with E-state index in [1.54, 1.807) is 36.3 Å². The zero-order chi connectivity index (χ0) is 19.2. The molecule has 2 aromatic rings. The van der Waals surface area contributed by atoms with Crippen LogP contribution in [0.4, 0.5) is 0 Å². The van der Waals surface area contributed by atoms with Gasteiger partial charge in [0.2, 0.25) is 0 Å². The molecule has 0 saturated heterocycles. The summed E-state index contributed by atoms with van der Waals surface area (Å²) in [7, 11) is 1.60. The number of ether oxygens (including phenoxy) is 3. The van der Waals surface area contributed by atoms with Crippen LogP contribution in [-0.2, 0) is 11.3 Å². The van der Waals surface area contributed by atoms with E-state index in [1.165, 1.54) is 6.92 Å². The number of benzene rings is 2. The van der Waals surface area contributed by atoms with Gasteiger partial charge in [0.1, 0.15) is 5.75 Å². The van der Waals surface area contributed by atoms with Crippen LogP contribution in [0.15, 0.2) is 42.5 Å². The Morgan fingerprint density at radius 3 is 2.63 bits per heavy atom. The van der Waals surface area contributed by atoms with Crippen molar-refractivity contribution in [3.8, 4) is 17.2 Å². The summed E-state index contributed by atoms with van der Waals surface area (Å²) in [5, 5.41) is 0. The molecule has 1 amide bonds. The molecular weight excluding hydrogens is 346 g/mol. The number of ketones is 1. The van der Waals surface area contributed by atoms with Crippen molar-refractivity contribution in [2.75, 3.05) is 26.9 Å². The molecule has 0 radical (unpaired) electrons. The Hall–Kier alpha value is -3.02. The number of fused-ring (bicyclic) bond motifs is 1. The average Bonchev–Trinajstić information content (AvgIpc) is 2.66. The number of hydrogen-bond acceptors (Lipinski definition) is 5. The Morgan fingerprint density at radius 2 is 1.93 bits per heavy atom. The summed E-state index contributed by atoms with van der Waals surface area (Å²) >= 11 is 0. The first kappa shape index (κ1) is 18.8. The number of para-hydroxylation sites is 1. The molecule has 27 heavy (non-hydrogen) atoms. The van der Waals surface area contributed by atoms with E-state index in [2.05, 4.69) is 0 Å². The number of methoxy groups -OCH3 is 1. The summed E-state index contributed by atoms with van der Waals surface area (Å²) in [6, 6.07) is 12.5. The summed E-state index contributed by atoms with van der Waals surface area (Å²) in [5.74, 6) is 1.82. The van der Waals surface area contributed by atoms with Crippen LogP contribution in [0, 0.1) is 0 Å². The van der Waals surface area contributed by atoms with Crippen LogP contribution in [0.1, 0.15) is 29.3 Å². The molecular formula is C21H23NO5. The van der Waals surface area contributed by atoms with E-state index >= 15 is 0 Å². The molecule has 0 bridgehead atoms. The van der Waals surface area contributed by atoms with Gasteiger partial charge in [0.15, 0.2) is 23.9 Å². The Balaban J connectivity index is 1.66. The van der Waals surface area contributed by atoms with E-state index < -0.39 is 0 Å². The maximum absolute atomic E-state index is 12.7. The van der Waals surface area contributed by atoms with Gasteiger partial charge in [-0.05, 0) is 43.7 Å². The van der Waals surface area contributed by atoms with Crippen molar-refractivity contribution in [2.24, 2.45) is 0 Å². The molecule has 1 heterocycles. The van der Waals surface area contributed by atoms with Gasteiger partial charge in [-0.1, -0.05) is 12.1 Å². The highest BCUT2D eigenvalue weighted by atomic mass is 16.5. The minimum atomic E-state index is -0.0960. The van der Waals surface area contributed by atoms with Crippen LogP contribution in [0.2, 0.25) is 0 Å². The van der Waals surface area contributed by atoms with Crippen molar-refractivity contribution < 1.29 is 23.8 Å². The zero-order valence-electron chi connectivity index (χ0n) is 15.6. The molecule has 0 N–H and O–H groups in total. The fraction of sp³-hybridized carbons (Fsp3) is 0.333. The van der Waals surface area contributed by atoms with Gasteiger partial charge in [-0.2, -0.15) is 0 Å². The summed E-state index contributed by atoms with van der Waals surface area (Å²) < 4.78 is 16.8. The summed E-state index contributed by atoms with van der Waals surface area (Å²) in [4.78, 5) is 25.7. The van der Waals surface area contributed by atoms with Gasteiger partial charge in [-0.25, -0.2) is 0 Å². The van der Waals surface area contributed by atoms with Crippen molar-refractivity contribution in [1.82, 2.24) is 4.90 Å². The molecule has 2 aromatic carbocycles. The third-order valence-electron chi connectivity index (χ3n) is 4.44. The summed E-state index contributed by atoms with van der Waals surface area (Å²) in [5.41, 5.74) is 1.52. The molecule has 0 saturated carbocycles. The minimum absolute atomic E-state index is 0.00503. The molecule has 0 spiro atoms. The predicted octanol–water partition coefficient (Wildman–Crippen LogP) is 3.09. The van der Waals surface area contributed by atoms with E-state index in [9.17, 15) is 9.59 Å². The second-order valence-corrected chi connectivity index (χ2v) is 6.34. The van der Waals surface area contributed by atoms with E-state index in [-0.39, 0.29) is 18.3 Å². The first-order valence-corrected chi connectivity index (χ1v) is 8.88. The number of rotatable bonds is 5. The monoisotopic (exact) mass is 369 g/mol. The lowest BCUT2D eigenvalue weighted by atomic mass is 10.1. The standard InChI is InChI=1S/C21H23NO5/c1-15(23)16-7-9-18(10-8-16)27-14-20(24)22-11-4-12-26-21-17(13-22)5-3-6-19(21)25-2/h3,5-10H,4,11-14H2,1-2H3. The molecule has 0 aromatic heterocycles. The average molecular weight is 369 g/mol. The van der Waals surface area contributed by atoms with Gasteiger partial charge in [0.25, 0.3) is 5.91 Å². The van der Waals surface area contributed by atoms with Gasteiger partial charge in [0.05, 0.1) is 13.7 Å². The van der Waals surface area contributed by atoms with Crippen LogP contribution in [0.5, 0.6) is 17.2 Å². The summed E-state index contributed by atoms with van der Waals surface area (Å²) in [6.45, 7) is 3.02. The van der Waals surface area contributed by atoms with Crippen molar-refractivity contribution in [3.63, 3.8) is 0 Å². The maximum Gasteiger partial charge on any atom is 0.260 e. The minimum Gasteiger partial charge on any atom is -0.493 e. The second kappa shape index (κ2) is 8.58. The van der Waals surface area contributed by atoms with Gasteiger partial charge in [0, 0.05) is 24.2 Å². The predicted molar refractivity (Wildman–Crippen MR) is 100 cm³/mol. The van der Waals surface area contributed by atoms with Crippen LogP contribution in [0.25, 0.3) is 0 Å². The Labute approximate surface area is 158 Å². The number of Topliss-reactive ketones (excluding diaryl/α,β-unsaturated/α-hetero) is 1. The lowest BCUT2D eigenvalue weighted by Gasteiger charge is -2.27. The van der Waals surface area contributed by atoms with E-state index in [1.807, 2.05) is 18.2 Å². The largest absolute Gasteiger partial charge is 0.493 e. The number of carbonyl (C=O) groups is 2. The van der Waals surface area contributed by atoms with Crippen molar-refractivity contribution in [3.05, 3.63) is 53.6 Å². The molecule has 142 valence electrons. The first-order chi connectivity index (χ1) is 13.1. The second-order valence-electron chi connectivity index (χ2n) is 6.34. The third-order valence-corrected chi connectivity index (χ3v) is 4.44. The lowest BCUT2D eigenvalue weighted by Crippen LogP contribution is -2.37. The molecule has 1 aliphatic heterocycles. The number of carbonyl (C=O) groups excluding carboxylic acids is 2. The molecule has 3 rings (SSSR count). The third kappa shape index (κ3) is 4.58. The quantitative estimate of drug-likeness (QED) is 0.758. The molecule has 1 aliphatic rings. The molecule has 6 heteroatoms. The molecule has 0 aliphatic carbocycles. The van der Waals surface area contributed by atoms with Crippen molar-refractivity contribution in [1.29, 1.82) is 0 Å². The number of nitrogens with zero attached hydrogens (tertiary/aromatic N) is 1. The van der Waals surface area contributed by atoms with Gasteiger partial charge >= 0.3 is 0 Å². The zero-order valence-corrected chi connectivity index (χ0v) is 15.6. The Morgan fingerprint density at radius 1 is 1.15 bits per heavy atom. The van der Waals surface area contributed by atoms with E-state index in [0.717, 1.165) is 12.0 Å². The SMILES string of the molecule is COc1cccc2c1OCCCN(C(=O)COc1ccc(C(C)=O)cc1)C2. The summed E-state index contributed by atoms with van der Waals surface area (Å²) in [6.07, 6.45) is 0.733. The topological polar surface area (TPSA) is 65.1 Å². The smallest absolute Gasteiger partial charge is 0.260 e. The van der Waals surface area contributed by atoms with E-state index in [0.29, 0.717) is 42.5 Å². The van der Waals surface area contributed by atoms with Gasteiger partial charge in [-0.3, -0.25) is 9.59 Å². The number of hydrogen-bond donors (Lipinski definition) is 0. The van der Waals surface area contributed by atoms with Crippen LogP contribution in [-0.4, -0.2) is 43.5 Å². The molecule has 0 unspecified atom stereocenters. The van der Waals surface area contributed by atoms with Crippen molar-refractivity contribution in [2.45, 2.75) is 19.9 Å². The van der Waals surface area contributed by atoms with Crippen LogP contribution >= 0.6 is 0 Å². The van der Waals surface area contributed by atoms with Crippen molar-refractivity contribution >= 4 is 11.7 Å². The lowest BCUT2D eigenvalue weighted by molar-refractivity contribution is -0.134. The Bertz CT molecular complexity index is 816. The molecule has 0 atom stereocenters. The molecule has 6 nitrogen and oxygen atoms in total.